The smallest absolute Gasteiger partial charge is 0.345 e. The highest BCUT2D eigenvalue weighted by Crippen LogP contribution is 2.29. The van der Waals surface area contributed by atoms with Gasteiger partial charge in [0.2, 0.25) is 0 Å². The van der Waals surface area contributed by atoms with Crippen molar-refractivity contribution in [2.75, 3.05) is 12.3 Å². The quantitative estimate of drug-likeness (QED) is 0.278. The first-order valence-electron chi connectivity index (χ1n) is 5.89. The Balaban J connectivity index is 1.92. The van der Waals surface area contributed by atoms with Gasteiger partial charge in [0.15, 0.2) is 17.6 Å². The van der Waals surface area contributed by atoms with Gasteiger partial charge in [-0.3, -0.25) is 4.99 Å². The third-order valence-corrected chi connectivity index (χ3v) is 4.87. The fraction of sp³-hybridized carbons (Fsp3) is 0.333. The predicted molar refractivity (Wildman–Crippen MR) is 89.1 cm³/mol. The van der Waals surface area contributed by atoms with Gasteiger partial charge in [-0.1, -0.05) is 0 Å². The second kappa shape index (κ2) is 6.93. The van der Waals surface area contributed by atoms with Crippen LogP contribution in [0.4, 0.5) is 0 Å². The van der Waals surface area contributed by atoms with Gasteiger partial charge in [0, 0.05) is 11.1 Å². The summed E-state index contributed by atoms with van der Waals surface area (Å²) in [4.78, 5) is 12.3. The van der Waals surface area contributed by atoms with Gasteiger partial charge in [0.05, 0.1) is 17.7 Å². The molecule has 0 aliphatic carbocycles. The number of amidine groups is 2. The zero-order valence-corrected chi connectivity index (χ0v) is 13.7. The lowest BCUT2D eigenvalue weighted by molar-refractivity contribution is 0.596. The first-order chi connectivity index (χ1) is 10.4. The van der Waals surface area contributed by atoms with Crippen LogP contribution in [0, 0.1) is 0 Å². The second-order valence-electron chi connectivity index (χ2n) is 3.97. The van der Waals surface area contributed by atoms with E-state index in [-0.39, 0.29) is 23.0 Å². The molecule has 2 rings (SSSR count). The van der Waals surface area contributed by atoms with E-state index in [1.54, 1.807) is 5.51 Å². The van der Waals surface area contributed by atoms with Crippen LogP contribution in [0.1, 0.15) is 11.1 Å². The van der Waals surface area contributed by atoms with E-state index in [0.29, 0.717) is 12.3 Å². The number of aliphatic imine (C=N–C) groups is 2. The van der Waals surface area contributed by atoms with Crippen molar-refractivity contribution in [2.45, 2.75) is 5.37 Å². The fourth-order valence-electron chi connectivity index (χ4n) is 1.47. The molecule has 1 aromatic heterocycles. The molecule has 2 heterocycles. The van der Waals surface area contributed by atoms with Gasteiger partial charge < -0.3 is 17.2 Å². The number of thioether (sulfide) groups is 1. The Morgan fingerprint density at radius 1 is 1.50 bits per heavy atom. The Hall–Kier alpha value is -1.86. The SMILES string of the molecule is NC(N)=NC(SCCN=C1NS(=O)(=O)N=C1N)c1cscn1. The molecule has 0 bridgehead atoms. The van der Waals surface area contributed by atoms with E-state index in [1.807, 2.05) is 5.38 Å². The van der Waals surface area contributed by atoms with Crippen LogP contribution < -0.4 is 21.9 Å². The van der Waals surface area contributed by atoms with Crippen molar-refractivity contribution in [3.8, 4) is 0 Å². The molecule has 0 spiro atoms. The number of nitrogens with one attached hydrogen (secondary N) is 1. The van der Waals surface area contributed by atoms with Gasteiger partial charge in [-0.05, 0) is 0 Å². The van der Waals surface area contributed by atoms with E-state index in [4.69, 9.17) is 17.2 Å². The highest BCUT2D eigenvalue weighted by atomic mass is 32.2. The van der Waals surface area contributed by atoms with Gasteiger partial charge in [-0.25, -0.2) is 14.7 Å². The van der Waals surface area contributed by atoms with Gasteiger partial charge in [-0.2, -0.15) is 8.42 Å². The first-order valence-corrected chi connectivity index (χ1v) is 9.32. The van der Waals surface area contributed by atoms with Gasteiger partial charge >= 0.3 is 10.2 Å². The molecule has 13 heteroatoms. The van der Waals surface area contributed by atoms with Crippen LogP contribution in [-0.4, -0.2) is 43.3 Å². The molecule has 10 nitrogen and oxygen atoms in total. The molecule has 7 N–H and O–H groups in total. The largest absolute Gasteiger partial charge is 0.380 e. The van der Waals surface area contributed by atoms with E-state index in [1.165, 1.54) is 23.1 Å². The highest BCUT2D eigenvalue weighted by molar-refractivity contribution is 7.99. The summed E-state index contributed by atoms with van der Waals surface area (Å²) < 4.78 is 27.7. The number of nitrogens with two attached hydrogens (primary N) is 3. The number of hydrogen-bond donors (Lipinski definition) is 4. The number of rotatable bonds is 6. The molecular formula is C9H14N8O2S3. The number of thiazole rings is 1. The van der Waals surface area contributed by atoms with Crippen molar-refractivity contribution in [1.82, 2.24) is 9.71 Å². The van der Waals surface area contributed by atoms with Crippen LogP contribution >= 0.6 is 23.1 Å². The minimum absolute atomic E-state index is 0.0308. The highest BCUT2D eigenvalue weighted by Gasteiger charge is 2.23. The summed E-state index contributed by atoms with van der Waals surface area (Å²) in [5.41, 5.74) is 18.7. The summed E-state index contributed by atoms with van der Waals surface area (Å²) in [6.07, 6.45) is 0. The first kappa shape index (κ1) is 16.5. The van der Waals surface area contributed by atoms with Crippen molar-refractivity contribution in [1.29, 1.82) is 0 Å². The average molecular weight is 362 g/mol. The maximum atomic E-state index is 11.2. The van der Waals surface area contributed by atoms with E-state index >= 15 is 0 Å². The summed E-state index contributed by atoms with van der Waals surface area (Å²) in [7, 11) is -3.74. The summed E-state index contributed by atoms with van der Waals surface area (Å²) in [6, 6.07) is 0. The van der Waals surface area contributed by atoms with Gasteiger partial charge in [0.25, 0.3) is 0 Å². The van der Waals surface area contributed by atoms with E-state index in [2.05, 4.69) is 24.1 Å². The molecule has 0 fully saturated rings. The van der Waals surface area contributed by atoms with Crippen LogP contribution in [0.25, 0.3) is 0 Å². The monoisotopic (exact) mass is 362 g/mol. The topological polar surface area (TPSA) is 174 Å². The Bertz CT molecular complexity index is 705. The zero-order chi connectivity index (χ0) is 16.2. The number of aromatic nitrogens is 1. The van der Waals surface area contributed by atoms with E-state index < -0.39 is 10.2 Å². The third-order valence-electron chi connectivity index (χ3n) is 2.29. The summed E-state index contributed by atoms with van der Waals surface area (Å²) in [6.45, 7) is 0.319. The minimum Gasteiger partial charge on any atom is -0.380 e. The van der Waals surface area contributed by atoms with Crippen molar-refractivity contribution in [2.24, 2.45) is 31.6 Å². The zero-order valence-electron chi connectivity index (χ0n) is 11.2. The molecule has 0 saturated carbocycles. The van der Waals surface area contributed by atoms with Crippen LogP contribution in [0.15, 0.2) is 25.3 Å². The normalized spacial score (nSPS) is 19.5. The molecule has 1 atom stereocenters. The molecule has 0 radical (unpaired) electrons. The molecule has 1 unspecified atom stereocenters. The molecule has 120 valence electrons. The standard InChI is InChI=1S/C9H14N8O2S3/c10-6-7(17-22(18,19)16-6)13-1-2-21-8(15-9(11)12)5-3-20-4-14-5/h3-4,8H,1-2H2,(H2,10,16)(H,13,17)(H4,11,12,15). The fourth-order valence-corrected chi connectivity index (χ4v) is 3.85. The van der Waals surface area contributed by atoms with E-state index in [0.717, 1.165) is 5.69 Å². The molecule has 0 amide bonds. The molecule has 1 aromatic rings. The maximum absolute atomic E-state index is 11.2. The van der Waals surface area contributed by atoms with Crippen LogP contribution in [0.5, 0.6) is 0 Å². The van der Waals surface area contributed by atoms with Crippen molar-refractivity contribution in [3.05, 3.63) is 16.6 Å². The number of hydrogen-bond acceptors (Lipinski definition) is 8. The second-order valence-corrected chi connectivity index (χ2v) is 7.22. The van der Waals surface area contributed by atoms with Crippen molar-refractivity contribution >= 4 is 50.9 Å². The predicted octanol–water partition coefficient (Wildman–Crippen LogP) is -1.25. The van der Waals surface area contributed by atoms with Gasteiger partial charge in [0.1, 0.15) is 5.37 Å². The Morgan fingerprint density at radius 2 is 2.27 bits per heavy atom. The van der Waals surface area contributed by atoms with Crippen LogP contribution in [-0.2, 0) is 10.2 Å². The minimum atomic E-state index is -3.74. The number of nitrogens with zero attached hydrogens (tertiary/aromatic N) is 4. The molecule has 1 aliphatic heterocycles. The lowest BCUT2D eigenvalue weighted by Crippen LogP contribution is -2.31. The summed E-state index contributed by atoms with van der Waals surface area (Å²) >= 11 is 2.87. The Labute approximate surface area is 135 Å². The van der Waals surface area contributed by atoms with E-state index in [9.17, 15) is 8.42 Å². The average Bonchev–Trinajstić information content (AvgIpc) is 3.01. The maximum Gasteiger partial charge on any atom is 0.345 e. The van der Waals surface area contributed by atoms with Crippen LogP contribution in [0.3, 0.4) is 0 Å². The third kappa shape index (κ3) is 4.57. The summed E-state index contributed by atoms with van der Waals surface area (Å²) in [5, 5.41) is 1.52. The molecule has 0 saturated heterocycles. The van der Waals surface area contributed by atoms with Crippen LogP contribution in [0.2, 0.25) is 0 Å². The lowest BCUT2D eigenvalue weighted by Gasteiger charge is -2.09. The Morgan fingerprint density at radius 3 is 2.82 bits per heavy atom. The number of guanidine groups is 1. The molecule has 0 aromatic carbocycles. The van der Waals surface area contributed by atoms with Crippen molar-refractivity contribution in [3.63, 3.8) is 0 Å². The molecular weight excluding hydrogens is 348 g/mol. The molecule has 22 heavy (non-hydrogen) atoms. The van der Waals surface area contributed by atoms with Crippen molar-refractivity contribution < 1.29 is 8.42 Å². The summed E-state index contributed by atoms with van der Waals surface area (Å²) in [5.74, 6) is 0.409. The lowest BCUT2D eigenvalue weighted by atomic mass is 10.5. The molecule has 1 aliphatic rings. The Kier molecular flexibility index (Phi) is 5.20. The van der Waals surface area contributed by atoms with Gasteiger partial charge in [-0.15, -0.1) is 27.5 Å².